The van der Waals surface area contributed by atoms with Gasteiger partial charge in [0.1, 0.15) is 0 Å². The van der Waals surface area contributed by atoms with Gasteiger partial charge in [0.25, 0.3) is 0 Å². The van der Waals surface area contributed by atoms with Gasteiger partial charge in [-0.05, 0) is 18.1 Å². The van der Waals surface area contributed by atoms with Crippen LogP contribution < -0.4 is 10.6 Å². The van der Waals surface area contributed by atoms with Crippen molar-refractivity contribution in [3.8, 4) is 0 Å². The Balaban J connectivity index is 2.15. The van der Waals surface area contributed by atoms with Crippen LogP contribution in [0.3, 0.4) is 0 Å². The molecule has 0 bridgehead atoms. The Labute approximate surface area is 120 Å². The highest BCUT2D eigenvalue weighted by Gasteiger charge is 2.14. The standard InChI is InChI=1S/C17H20N2O/c1-2-18-17(20)19-13-16(14-9-5-3-6-10-14)15-11-7-4-8-12-15/h3-12,16H,2,13H2,1H3,(H2,18,19,20). The van der Waals surface area contributed by atoms with Gasteiger partial charge >= 0.3 is 6.03 Å². The Hall–Kier alpha value is -2.29. The van der Waals surface area contributed by atoms with Crippen molar-refractivity contribution >= 4 is 6.03 Å². The van der Waals surface area contributed by atoms with Crippen LogP contribution in [0.15, 0.2) is 60.7 Å². The molecule has 104 valence electrons. The highest BCUT2D eigenvalue weighted by Crippen LogP contribution is 2.23. The molecule has 2 N–H and O–H groups in total. The predicted octanol–water partition coefficient (Wildman–Crippen LogP) is 3.14. The van der Waals surface area contributed by atoms with Crippen molar-refractivity contribution in [3.05, 3.63) is 71.8 Å². The summed E-state index contributed by atoms with van der Waals surface area (Å²) < 4.78 is 0. The molecule has 3 nitrogen and oxygen atoms in total. The van der Waals surface area contributed by atoms with E-state index < -0.39 is 0 Å². The molecule has 0 aliphatic rings. The fourth-order valence-electron chi connectivity index (χ4n) is 2.22. The van der Waals surface area contributed by atoms with Gasteiger partial charge in [0.2, 0.25) is 0 Å². The topological polar surface area (TPSA) is 41.1 Å². The number of carbonyl (C=O) groups excluding carboxylic acids is 1. The molecule has 0 saturated carbocycles. The van der Waals surface area contributed by atoms with Gasteiger partial charge in [-0.15, -0.1) is 0 Å². The molecule has 3 heteroatoms. The van der Waals surface area contributed by atoms with Gasteiger partial charge in [-0.2, -0.15) is 0 Å². The number of amides is 2. The minimum atomic E-state index is -0.121. The van der Waals surface area contributed by atoms with Crippen LogP contribution in [-0.4, -0.2) is 19.1 Å². The molecule has 2 aromatic rings. The number of urea groups is 1. The lowest BCUT2D eigenvalue weighted by molar-refractivity contribution is 0.241. The fourth-order valence-corrected chi connectivity index (χ4v) is 2.22. The summed E-state index contributed by atoms with van der Waals surface area (Å²) in [7, 11) is 0. The minimum absolute atomic E-state index is 0.121. The molecule has 20 heavy (non-hydrogen) atoms. The van der Waals surface area contributed by atoms with Crippen molar-refractivity contribution in [2.24, 2.45) is 0 Å². The highest BCUT2D eigenvalue weighted by molar-refractivity contribution is 5.73. The van der Waals surface area contributed by atoms with Gasteiger partial charge in [-0.3, -0.25) is 0 Å². The molecular weight excluding hydrogens is 248 g/mol. The molecule has 0 fully saturated rings. The fraction of sp³-hybridized carbons (Fsp3) is 0.235. The van der Waals surface area contributed by atoms with E-state index in [1.54, 1.807) is 0 Å². The maximum atomic E-state index is 11.6. The van der Waals surface area contributed by atoms with E-state index >= 15 is 0 Å². The number of nitrogens with one attached hydrogen (secondary N) is 2. The van der Waals surface area contributed by atoms with Gasteiger partial charge in [-0.25, -0.2) is 4.79 Å². The van der Waals surface area contributed by atoms with E-state index in [1.165, 1.54) is 11.1 Å². The third-order valence-corrected chi connectivity index (χ3v) is 3.21. The van der Waals surface area contributed by atoms with E-state index in [4.69, 9.17) is 0 Å². The van der Waals surface area contributed by atoms with Crippen LogP contribution >= 0.6 is 0 Å². The molecule has 0 saturated heterocycles. The SMILES string of the molecule is CCNC(=O)NCC(c1ccccc1)c1ccccc1. The largest absolute Gasteiger partial charge is 0.338 e. The van der Waals surface area contributed by atoms with Crippen molar-refractivity contribution in [2.45, 2.75) is 12.8 Å². The third-order valence-electron chi connectivity index (χ3n) is 3.21. The molecule has 0 heterocycles. The van der Waals surface area contributed by atoms with E-state index in [1.807, 2.05) is 43.3 Å². The smallest absolute Gasteiger partial charge is 0.314 e. The molecule has 0 aliphatic carbocycles. The Morgan fingerprint density at radius 1 is 0.900 bits per heavy atom. The number of rotatable bonds is 5. The van der Waals surface area contributed by atoms with Crippen LogP contribution in [0.2, 0.25) is 0 Å². The zero-order chi connectivity index (χ0) is 14.2. The van der Waals surface area contributed by atoms with Crippen LogP contribution in [0.25, 0.3) is 0 Å². The third kappa shape index (κ3) is 3.85. The zero-order valence-electron chi connectivity index (χ0n) is 11.7. The first-order valence-electron chi connectivity index (χ1n) is 6.93. The average Bonchev–Trinajstić information content (AvgIpc) is 2.50. The van der Waals surface area contributed by atoms with Crippen molar-refractivity contribution in [1.82, 2.24) is 10.6 Å². The van der Waals surface area contributed by atoms with Crippen LogP contribution in [-0.2, 0) is 0 Å². The van der Waals surface area contributed by atoms with E-state index in [9.17, 15) is 4.79 Å². The number of carbonyl (C=O) groups is 1. The molecule has 2 aromatic carbocycles. The van der Waals surface area contributed by atoms with Gasteiger partial charge in [-0.1, -0.05) is 60.7 Å². The molecule has 0 spiro atoms. The quantitative estimate of drug-likeness (QED) is 0.859. The van der Waals surface area contributed by atoms with Gasteiger partial charge in [0.15, 0.2) is 0 Å². The summed E-state index contributed by atoms with van der Waals surface area (Å²) in [4.78, 5) is 11.6. The van der Waals surface area contributed by atoms with Crippen molar-refractivity contribution < 1.29 is 4.79 Å². The summed E-state index contributed by atoms with van der Waals surface area (Å²) in [5.41, 5.74) is 2.41. The lowest BCUT2D eigenvalue weighted by Crippen LogP contribution is -2.37. The first-order valence-corrected chi connectivity index (χ1v) is 6.93. The molecule has 0 aromatic heterocycles. The van der Waals surface area contributed by atoms with E-state index in [2.05, 4.69) is 34.9 Å². The van der Waals surface area contributed by atoms with Crippen LogP contribution in [0, 0.1) is 0 Å². The number of hydrogen-bond donors (Lipinski definition) is 2. The highest BCUT2D eigenvalue weighted by atomic mass is 16.2. The van der Waals surface area contributed by atoms with Crippen molar-refractivity contribution in [1.29, 1.82) is 0 Å². The number of benzene rings is 2. The summed E-state index contributed by atoms with van der Waals surface area (Å²) in [5, 5.41) is 5.68. The minimum Gasteiger partial charge on any atom is -0.338 e. The second-order valence-electron chi connectivity index (χ2n) is 4.61. The molecule has 0 aliphatic heterocycles. The summed E-state index contributed by atoms with van der Waals surface area (Å²) >= 11 is 0. The Morgan fingerprint density at radius 3 is 1.85 bits per heavy atom. The first kappa shape index (κ1) is 14.1. The van der Waals surface area contributed by atoms with E-state index in [-0.39, 0.29) is 11.9 Å². The molecule has 2 rings (SSSR count). The summed E-state index contributed by atoms with van der Waals surface area (Å²) in [6, 6.07) is 20.4. The van der Waals surface area contributed by atoms with Crippen LogP contribution in [0.4, 0.5) is 4.79 Å². The summed E-state index contributed by atoms with van der Waals surface area (Å²) in [6.45, 7) is 3.12. The monoisotopic (exact) mass is 268 g/mol. The Kier molecular flexibility index (Phi) is 5.18. The van der Waals surface area contributed by atoms with E-state index in [0.29, 0.717) is 13.1 Å². The summed E-state index contributed by atoms with van der Waals surface area (Å²) in [6.07, 6.45) is 0. The first-order chi connectivity index (χ1) is 9.81. The van der Waals surface area contributed by atoms with Crippen molar-refractivity contribution in [3.63, 3.8) is 0 Å². The Bertz CT molecular complexity index is 486. The number of hydrogen-bond acceptors (Lipinski definition) is 1. The second-order valence-corrected chi connectivity index (χ2v) is 4.61. The molecule has 0 atom stereocenters. The lowest BCUT2D eigenvalue weighted by Gasteiger charge is -2.19. The molecule has 0 unspecified atom stereocenters. The maximum absolute atomic E-state index is 11.6. The van der Waals surface area contributed by atoms with Gasteiger partial charge in [0, 0.05) is 19.0 Å². The predicted molar refractivity (Wildman–Crippen MR) is 81.8 cm³/mol. The Morgan fingerprint density at radius 2 is 1.40 bits per heavy atom. The summed E-state index contributed by atoms with van der Waals surface area (Å²) in [5.74, 6) is 0.167. The average molecular weight is 268 g/mol. The van der Waals surface area contributed by atoms with E-state index in [0.717, 1.165) is 0 Å². The van der Waals surface area contributed by atoms with Crippen molar-refractivity contribution in [2.75, 3.05) is 13.1 Å². The maximum Gasteiger partial charge on any atom is 0.314 e. The van der Waals surface area contributed by atoms with Crippen LogP contribution in [0.1, 0.15) is 24.0 Å². The van der Waals surface area contributed by atoms with Gasteiger partial charge < -0.3 is 10.6 Å². The second kappa shape index (κ2) is 7.34. The van der Waals surface area contributed by atoms with Crippen LogP contribution in [0.5, 0.6) is 0 Å². The molecule has 2 amide bonds. The van der Waals surface area contributed by atoms with Gasteiger partial charge in [0.05, 0.1) is 0 Å². The molecular formula is C17H20N2O. The zero-order valence-corrected chi connectivity index (χ0v) is 11.7. The molecule has 0 radical (unpaired) electrons. The normalized spacial score (nSPS) is 10.3. The lowest BCUT2D eigenvalue weighted by atomic mass is 9.91.